The lowest BCUT2D eigenvalue weighted by Crippen LogP contribution is -2.39. The van der Waals surface area contributed by atoms with E-state index in [-0.39, 0.29) is 29.7 Å². The van der Waals surface area contributed by atoms with Crippen LogP contribution in [-0.4, -0.2) is 33.6 Å². The predicted molar refractivity (Wildman–Crippen MR) is 94.7 cm³/mol. The number of amides is 2. The molecule has 1 fully saturated rings. The monoisotopic (exact) mass is 341 g/mol. The first kappa shape index (κ1) is 17.1. The van der Waals surface area contributed by atoms with Gasteiger partial charge in [-0.1, -0.05) is 13.8 Å². The minimum Gasteiger partial charge on any atom is -0.358 e. The Labute approximate surface area is 146 Å². The van der Waals surface area contributed by atoms with Gasteiger partial charge in [-0.2, -0.15) is 5.10 Å². The maximum atomic E-state index is 12.2. The summed E-state index contributed by atoms with van der Waals surface area (Å²) in [6.07, 6.45) is 6.93. The third-order valence-electron chi connectivity index (χ3n) is 4.51. The molecule has 2 aromatic heterocycles. The highest BCUT2D eigenvalue weighted by atomic mass is 16.2. The van der Waals surface area contributed by atoms with E-state index in [0.29, 0.717) is 5.69 Å². The van der Waals surface area contributed by atoms with E-state index in [1.165, 1.54) is 0 Å². The average molecular weight is 341 g/mol. The summed E-state index contributed by atoms with van der Waals surface area (Å²) < 4.78 is 1.56. The van der Waals surface area contributed by atoms with Crippen molar-refractivity contribution in [3.8, 4) is 11.3 Å². The predicted octanol–water partition coefficient (Wildman–Crippen LogP) is 2.07. The number of carbonyl (C=O) groups excluding carboxylic acids is 2. The highest BCUT2D eigenvalue weighted by molar-refractivity contribution is 5.93. The summed E-state index contributed by atoms with van der Waals surface area (Å²) in [5.74, 6) is 0.0461. The van der Waals surface area contributed by atoms with Gasteiger partial charge in [0.2, 0.25) is 11.8 Å². The molecule has 0 atom stereocenters. The molecule has 0 saturated heterocycles. The fourth-order valence-corrected chi connectivity index (χ4v) is 3.15. The van der Waals surface area contributed by atoms with Crippen molar-refractivity contribution in [1.29, 1.82) is 0 Å². The minimum atomic E-state index is -0.111. The van der Waals surface area contributed by atoms with Gasteiger partial charge in [0.25, 0.3) is 0 Å². The first-order valence-corrected chi connectivity index (χ1v) is 8.37. The van der Waals surface area contributed by atoms with Crippen molar-refractivity contribution >= 4 is 17.5 Å². The van der Waals surface area contributed by atoms with E-state index in [2.05, 4.69) is 34.6 Å². The Kier molecular flexibility index (Phi) is 4.57. The lowest BCUT2D eigenvalue weighted by Gasteiger charge is -2.41. The first-order valence-electron chi connectivity index (χ1n) is 8.37. The molecule has 2 heterocycles. The van der Waals surface area contributed by atoms with E-state index >= 15 is 0 Å². The lowest BCUT2D eigenvalue weighted by molar-refractivity contribution is -0.126. The van der Waals surface area contributed by atoms with Crippen molar-refractivity contribution in [2.75, 3.05) is 12.4 Å². The molecule has 0 aliphatic heterocycles. The zero-order valence-corrected chi connectivity index (χ0v) is 14.7. The smallest absolute Gasteiger partial charge is 0.241 e. The van der Waals surface area contributed by atoms with Crippen LogP contribution in [-0.2, 0) is 16.1 Å². The number of hydrogen-bond acceptors (Lipinski definition) is 4. The SMILES string of the molecule is CNC(=O)Cn1cc(-c2ccc(NC(=O)C3CC(C)(C)C3)cn2)cn1. The highest BCUT2D eigenvalue weighted by Gasteiger charge is 2.40. The van der Waals surface area contributed by atoms with Crippen LogP contribution < -0.4 is 10.6 Å². The number of rotatable bonds is 5. The Morgan fingerprint density at radius 1 is 1.28 bits per heavy atom. The third kappa shape index (κ3) is 4.04. The zero-order valence-electron chi connectivity index (χ0n) is 14.7. The number of likely N-dealkylation sites (N-methyl/N-ethyl adjacent to an activating group) is 1. The first-order chi connectivity index (χ1) is 11.9. The summed E-state index contributed by atoms with van der Waals surface area (Å²) in [6.45, 7) is 4.53. The number of pyridine rings is 1. The van der Waals surface area contributed by atoms with Crippen molar-refractivity contribution < 1.29 is 9.59 Å². The van der Waals surface area contributed by atoms with Crippen LogP contribution in [0.2, 0.25) is 0 Å². The fourth-order valence-electron chi connectivity index (χ4n) is 3.15. The van der Waals surface area contributed by atoms with E-state index in [1.807, 2.05) is 12.1 Å². The van der Waals surface area contributed by atoms with Crippen molar-refractivity contribution in [1.82, 2.24) is 20.1 Å². The number of anilines is 1. The maximum Gasteiger partial charge on any atom is 0.241 e. The normalized spacial score (nSPS) is 16.1. The third-order valence-corrected chi connectivity index (χ3v) is 4.51. The summed E-state index contributed by atoms with van der Waals surface area (Å²) in [5.41, 5.74) is 2.53. The Morgan fingerprint density at radius 2 is 2.04 bits per heavy atom. The molecule has 2 amide bonds. The Balaban J connectivity index is 1.60. The molecule has 7 heteroatoms. The zero-order chi connectivity index (χ0) is 18.0. The average Bonchev–Trinajstić information content (AvgIpc) is 3.01. The molecule has 0 aromatic carbocycles. The Hall–Kier alpha value is -2.70. The number of nitrogens with one attached hydrogen (secondary N) is 2. The van der Waals surface area contributed by atoms with Gasteiger partial charge >= 0.3 is 0 Å². The highest BCUT2D eigenvalue weighted by Crippen LogP contribution is 2.45. The van der Waals surface area contributed by atoms with Gasteiger partial charge in [0, 0.05) is 24.7 Å². The van der Waals surface area contributed by atoms with E-state index in [4.69, 9.17) is 0 Å². The molecule has 132 valence electrons. The van der Waals surface area contributed by atoms with Crippen LogP contribution in [0.15, 0.2) is 30.7 Å². The van der Waals surface area contributed by atoms with Crippen LogP contribution >= 0.6 is 0 Å². The van der Waals surface area contributed by atoms with E-state index < -0.39 is 0 Å². The number of nitrogens with zero attached hydrogens (tertiary/aromatic N) is 3. The Morgan fingerprint density at radius 3 is 2.64 bits per heavy atom. The molecule has 0 unspecified atom stereocenters. The van der Waals surface area contributed by atoms with Gasteiger partial charge in [-0.25, -0.2) is 0 Å². The molecule has 0 spiro atoms. The molecule has 2 aromatic rings. The largest absolute Gasteiger partial charge is 0.358 e. The number of carbonyl (C=O) groups is 2. The molecule has 1 aliphatic carbocycles. The quantitative estimate of drug-likeness (QED) is 0.871. The summed E-state index contributed by atoms with van der Waals surface area (Å²) in [6, 6.07) is 3.67. The molecule has 2 N–H and O–H groups in total. The van der Waals surface area contributed by atoms with Crippen molar-refractivity contribution in [3.63, 3.8) is 0 Å². The molecule has 7 nitrogen and oxygen atoms in total. The van der Waals surface area contributed by atoms with Crippen LogP contribution in [0.1, 0.15) is 26.7 Å². The van der Waals surface area contributed by atoms with Crippen molar-refractivity contribution in [3.05, 3.63) is 30.7 Å². The van der Waals surface area contributed by atoms with Crippen molar-refractivity contribution in [2.24, 2.45) is 11.3 Å². The van der Waals surface area contributed by atoms with Crippen LogP contribution in [0.4, 0.5) is 5.69 Å². The molecule has 25 heavy (non-hydrogen) atoms. The van der Waals surface area contributed by atoms with Gasteiger partial charge in [0.1, 0.15) is 6.54 Å². The molecular weight excluding hydrogens is 318 g/mol. The number of hydrogen-bond donors (Lipinski definition) is 2. The van der Waals surface area contributed by atoms with Gasteiger partial charge < -0.3 is 10.6 Å². The number of aromatic nitrogens is 3. The van der Waals surface area contributed by atoms with Gasteiger partial charge in [0.05, 0.1) is 23.8 Å². The van der Waals surface area contributed by atoms with Gasteiger partial charge in [-0.3, -0.25) is 19.3 Å². The molecule has 1 aliphatic rings. The van der Waals surface area contributed by atoms with E-state index in [0.717, 1.165) is 24.1 Å². The maximum absolute atomic E-state index is 12.2. The lowest BCUT2D eigenvalue weighted by atomic mass is 9.64. The molecular formula is C18H23N5O2. The molecule has 0 bridgehead atoms. The van der Waals surface area contributed by atoms with Crippen LogP contribution in [0.5, 0.6) is 0 Å². The van der Waals surface area contributed by atoms with E-state index in [9.17, 15) is 9.59 Å². The molecule has 0 radical (unpaired) electrons. The van der Waals surface area contributed by atoms with Crippen LogP contribution in [0.3, 0.4) is 0 Å². The van der Waals surface area contributed by atoms with Gasteiger partial charge in [-0.05, 0) is 30.4 Å². The minimum absolute atomic E-state index is 0.0623. The summed E-state index contributed by atoms with van der Waals surface area (Å²) in [4.78, 5) is 27.9. The summed E-state index contributed by atoms with van der Waals surface area (Å²) in [7, 11) is 1.59. The van der Waals surface area contributed by atoms with Gasteiger partial charge in [-0.15, -0.1) is 0 Å². The topological polar surface area (TPSA) is 88.9 Å². The standard InChI is InChI=1S/C18H23N5O2/c1-18(2)6-12(7-18)17(25)22-14-4-5-15(20-9-14)13-8-21-23(10-13)11-16(24)19-3/h4-5,8-10,12H,6-7,11H2,1-3H3,(H,19,24)(H,22,25). The second-order valence-electron chi connectivity index (χ2n) is 7.29. The van der Waals surface area contributed by atoms with E-state index in [1.54, 1.807) is 30.3 Å². The van der Waals surface area contributed by atoms with Crippen LogP contribution in [0, 0.1) is 11.3 Å². The van der Waals surface area contributed by atoms with Crippen molar-refractivity contribution in [2.45, 2.75) is 33.2 Å². The van der Waals surface area contributed by atoms with Gasteiger partial charge in [0.15, 0.2) is 0 Å². The van der Waals surface area contributed by atoms with Crippen LogP contribution in [0.25, 0.3) is 11.3 Å². The second kappa shape index (κ2) is 6.66. The second-order valence-corrected chi connectivity index (χ2v) is 7.29. The summed E-state index contributed by atoms with van der Waals surface area (Å²) in [5, 5.41) is 9.63. The summed E-state index contributed by atoms with van der Waals surface area (Å²) >= 11 is 0. The molecule has 3 rings (SSSR count). The Bertz CT molecular complexity index is 771. The fraction of sp³-hybridized carbons (Fsp3) is 0.444. The molecule has 1 saturated carbocycles.